The number of thiophene rings is 1. The lowest BCUT2D eigenvalue weighted by molar-refractivity contribution is -0.385. The summed E-state index contributed by atoms with van der Waals surface area (Å²) in [5.41, 5.74) is 5.94. The number of hydrogen-bond acceptors (Lipinski definition) is 5. The minimum Gasteiger partial charge on any atom is -0.338 e. The predicted molar refractivity (Wildman–Crippen MR) is 78.0 cm³/mol. The van der Waals surface area contributed by atoms with Gasteiger partial charge in [-0.2, -0.15) is 0 Å². The van der Waals surface area contributed by atoms with E-state index in [2.05, 4.69) is 0 Å². The first kappa shape index (κ1) is 14.9. The molecule has 1 saturated heterocycles. The van der Waals surface area contributed by atoms with Crippen LogP contribution in [-0.2, 0) is 0 Å². The Balaban J connectivity index is 2.14. The van der Waals surface area contributed by atoms with Crippen LogP contribution in [0.25, 0.3) is 0 Å². The summed E-state index contributed by atoms with van der Waals surface area (Å²) < 4.78 is 0. The molecule has 0 bridgehead atoms. The van der Waals surface area contributed by atoms with Crippen LogP contribution in [0.15, 0.2) is 6.07 Å². The van der Waals surface area contributed by atoms with Crippen LogP contribution in [-0.4, -0.2) is 34.9 Å². The molecule has 1 aromatic rings. The SMILES string of the molecule is Cc1sc(C(=O)N2CCCC(C(C)N)C2)cc1[N+](=O)[O-]. The minimum atomic E-state index is -0.441. The van der Waals surface area contributed by atoms with Crippen LogP contribution >= 0.6 is 11.3 Å². The number of carbonyl (C=O) groups is 1. The molecule has 0 spiro atoms. The highest BCUT2D eigenvalue weighted by molar-refractivity contribution is 7.14. The summed E-state index contributed by atoms with van der Waals surface area (Å²) in [7, 11) is 0. The Morgan fingerprint density at radius 1 is 1.65 bits per heavy atom. The summed E-state index contributed by atoms with van der Waals surface area (Å²) in [6, 6.07) is 1.45. The third kappa shape index (κ3) is 2.99. The van der Waals surface area contributed by atoms with Crippen molar-refractivity contribution in [3.8, 4) is 0 Å². The molecule has 110 valence electrons. The van der Waals surface area contributed by atoms with Crippen LogP contribution in [0.2, 0.25) is 0 Å². The quantitative estimate of drug-likeness (QED) is 0.684. The molecule has 1 aliphatic heterocycles. The standard InChI is InChI=1S/C13H19N3O3S/c1-8(14)10-4-3-5-15(7-10)13(17)12-6-11(16(18)19)9(2)20-12/h6,8,10H,3-5,7,14H2,1-2H3. The number of rotatable bonds is 3. The highest BCUT2D eigenvalue weighted by Crippen LogP contribution is 2.30. The molecule has 1 fully saturated rings. The lowest BCUT2D eigenvalue weighted by atomic mass is 9.92. The van der Waals surface area contributed by atoms with Crippen molar-refractivity contribution in [3.63, 3.8) is 0 Å². The average molecular weight is 297 g/mol. The molecule has 7 heteroatoms. The van der Waals surface area contributed by atoms with E-state index in [-0.39, 0.29) is 17.6 Å². The van der Waals surface area contributed by atoms with Crippen LogP contribution in [0.4, 0.5) is 5.69 Å². The maximum Gasteiger partial charge on any atom is 0.283 e. The number of aryl methyl sites for hydroxylation is 1. The van der Waals surface area contributed by atoms with Crippen molar-refractivity contribution in [3.05, 3.63) is 25.9 Å². The van der Waals surface area contributed by atoms with E-state index in [0.29, 0.717) is 28.8 Å². The molecule has 1 amide bonds. The average Bonchev–Trinajstić information content (AvgIpc) is 2.80. The van der Waals surface area contributed by atoms with Gasteiger partial charge in [0.05, 0.1) is 14.7 Å². The van der Waals surface area contributed by atoms with Gasteiger partial charge in [-0.05, 0) is 32.6 Å². The normalized spacial score (nSPS) is 20.8. The largest absolute Gasteiger partial charge is 0.338 e. The van der Waals surface area contributed by atoms with E-state index in [4.69, 9.17) is 5.73 Å². The van der Waals surface area contributed by atoms with E-state index < -0.39 is 4.92 Å². The molecule has 0 aromatic carbocycles. The molecule has 1 aromatic heterocycles. The Morgan fingerprint density at radius 2 is 2.35 bits per heavy atom. The molecule has 1 aliphatic rings. The van der Waals surface area contributed by atoms with Crippen molar-refractivity contribution in [2.75, 3.05) is 13.1 Å². The van der Waals surface area contributed by atoms with Gasteiger partial charge in [-0.25, -0.2) is 0 Å². The van der Waals surface area contributed by atoms with E-state index in [9.17, 15) is 14.9 Å². The lowest BCUT2D eigenvalue weighted by Crippen LogP contribution is -2.44. The van der Waals surface area contributed by atoms with Gasteiger partial charge in [-0.1, -0.05) is 0 Å². The Bertz CT molecular complexity index is 527. The van der Waals surface area contributed by atoms with Crippen molar-refractivity contribution in [2.24, 2.45) is 11.7 Å². The molecule has 2 rings (SSSR count). The number of nitrogens with two attached hydrogens (primary N) is 1. The van der Waals surface area contributed by atoms with E-state index >= 15 is 0 Å². The van der Waals surface area contributed by atoms with Gasteiger partial charge in [-0.3, -0.25) is 14.9 Å². The zero-order valence-electron chi connectivity index (χ0n) is 11.7. The molecule has 2 N–H and O–H groups in total. The Kier molecular flexibility index (Phi) is 4.39. The number of hydrogen-bond donors (Lipinski definition) is 1. The fraction of sp³-hybridized carbons (Fsp3) is 0.615. The maximum absolute atomic E-state index is 12.4. The third-order valence-electron chi connectivity index (χ3n) is 3.79. The van der Waals surface area contributed by atoms with Gasteiger partial charge in [0.2, 0.25) is 0 Å². The first-order valence-corrected chi connectivity index (χ1v) is 7.51. The molecule has 2 heterocycles. The molecule has 2 atom stereocenters. The highest BCUT2D eigenvalue weighted by Gasteiger charge is 2.28. The van der Waals surface area contributed by atoms with Crippen molar-refractivity contribution < 1.29 is 9.72 Å². The van der Waals surface area contributed by atoms with Gasteiger partial charge in [0.25, 0.3) is 11.6 Å². The van der Waals surface area contributed by atoms with Gasteiger partial charge in [-0.15, -0.1) is 11.3 Å². The van der Waals surface area contributed by atoms with Gasteiger partial charge >= 0.3 is 0 Å². The van der Waals surface area contributed by atoms with E-state index in [1.165, 1.54) is 17.4 Å². The number of nitrogens with zero attached hydrogens (tertiary/aromatic N) is 2. The maximum atomic E-state index is 12.4. The van der Waals surface area contributed by atoms with Crippen LogP contribution in [0.5, 0.6) is 0 Å². The highest BCUT2D eigenvalue weighted by atomic mass is 32.1. The zero-order valence-corrected chi connectivity index (χ0v) is 12.5. The Labute approximate surface area is 121 Å². The lowest BCUT2D eigenvalue weighted by Gasteiger charge is -2.34. The van der Waals surface area contributed by atoms with Gasteiger partial charge in [0.15, 0.2) is 0 Å². The topological polar surface area (TPSA) is 89.5 Å². The molecular weight excluding hydrogens is 278 g/mol. The number of likely N-dealkylation sites (tertiary alicyclic amines) is 1. The van der Waals surface area contributed by atoms with Crippen LogP contribution in [0.1, 0.15) is 34.3 Å². The van der Waals surface area contributed by atoms with Crippen LogP contribution in [0.3, 0.4) is 0 Å². The number of amides is 1. The first-order valence-electron chi connectivity index (χ1n) is 6.70. The molecule has 2 unspecified atom stereocenters. The fourth-order valence-corrected chi connectivity index (χ4v) is 3.49. The van der Waals surface area contributed by atoms with Gasteiger partial charge in [0, 0.05) is 25.2 Å². The van der Waals surface area contributed by atoms with Crippen molar-refractivity contribution in [1.29, 1.82) is 0 Å². The van der Waals surface area contributed by atoms with Crippen molar-refractivity contribution in [1.82, 2.24) is 4.90 Å². The fourth-order valence-electron chi connectivity index (χ4n) is 2.54. The number of carbonyl (C=O) groups excluding carboxylic acids is 1. The van der Waals surface area contributed by atoms with E-state index in [0.717, 1.165) is 12.8 Å². The summed E-state index contributed by atoms with van der Waals surface area (Å²) >= 11 is 1.19. The second-order valence-electron chi connectivity index (χ2n) is 5.32. The van der Waals surface area contributed by atoms with Crippen molar-refractivity contribution >= 4 is 22.9 Å². The Hall–Kier alpha value is -1.47. The Morgan fingerprint density at radius 3 is 2.90 bits per heavy atom. The summed E-state index contributed by atoms with van der Waals surface area (Å²) in [6.45, 7) is 4.97. The second kappa shape index (κ2) is 5.88. The molecule has 0 saturated carbocycles. The van der Waals surface area contributed by atoms with Crippen molar-refractivity contribution in [2.45, 2.75) is 32.7 Å². The summed E-state index contributed by atoms with van der Waals surface area (Å²) in [5, 5.41) is 10.8. The zero-order chi connectivity index (χ0) is 14.9. The predicted octanol–water partition coefficient (Wildman–Crippen LogP) is 2.16. The van der Waals surface area contributed by atoms with Gasteiger partial charge in [0.1, 0.15) is 0 Å². The molecule has 6 nitrogen and oxygen atoms in total. The first-order chi connectivity index (χ1) is 9.40. The van der Waals surface area contributed by atoms with Gasteiger partial charge < -0.3 is 10.6 Å². The van der Waals surface area contributed by atoms with Crippen LogP contribution in [0, 0.1) is 23.0 Å². The molecular formula is C13H19N3O3S. The van der Waals surface area contributed by atoms with E-state index in [1.54, 1.807) is 11.8 Å². The summed E-state index contributed by atoms with van der Waals surface area (Å²) in [5.74, 6) is 0.195. The molecule has 0 radical (unpaired) electrons. The molecule has 20 heavy (non-hydrogen) atoms. The number of piperidine rings is 1. The number of nitro groups is 1. The second-order valence-corrected chi connectivity index (χ2v) is 6.58. The third-order valence-corrected chi connectivity index (χ3v) is 4.82. The monoisotopic (exact) mass is 297 g/mol. The molecule has 0 aliphatic carbocycles. The van der Waals surface area contributed by atoms with Crippen LogP contribution < -0.4 is 5.73 Å². The van der Waals surface area contributed by atoms with E-state index in [1.807, 2.05) is 6.92 Å². The summed E-state index contributed by atoms with van der Waals surface area (Å²) in [4.78, 5) is 25.6. The smallest absolute Gasteiger partial charge is 0.283 e. The minimum absolute atomic E-state index is 0.0269. The summed E-state index contributed by atoms with van der Waals surface area (Å²) in [6.07, 6.45) is 1.97.